The van der Waals surface area contributed by atoms with Gasteiger partial charge in [0.15, 0.2) is 11.7 Å². The zero-order valence-electron chi connectivity index (χ0n) is 12.1. The van der Waals surface area contributed by atoms with Crippen molar-refractivity contribution >= 4 is 33.8 Å². The van der Waals surface area contributed by atoms with E-state index in [0.717, 1.165) is 16.0 Å². The molecule has 0 unspecified atom stereocenters. The number of thiophene rings is 1. The van der Waals surface area contributed by atoms with Gasteiger partial charge in [0.05, 0.1) is 5.56 Å². The second-order valence-corrected chi connectivity index (χ2v) is 6.31. The number of carbonyl (C=O) groups is 1. The smallest absolute Gasteiger partial charge is 0.261 e. The Morgan fingerprint density at radius 1 is 1.09 bits per heavy atom. The summed E-state index contributed by atoms with van der Waals surface area (Å²) in [5.74, 6) is -0.402. The molecule has 1 spiro atoms. The first-order valence-corrected chi connectivity index (χ1v) is 7.71. The number of carbonyl (C=O) groups excluding carboxylic acids is 1. The maximum atomic E-state index is 13.1. The molecule has 2 aliphatic rings. The highest BCUT2D eigenvalue weighted by atomic mass is 32.1. The highest BCUT2D eigenvalue weighted by molar-refractivity contribution is 7.19. The summed E-state index contributed by atoms with van der Waals surface area (Å²) in [7, 11) is 0. The zero-order valence-corrected chi connectivity index (χ0v) is 13.0. The largest absolute Gasteiger partial charge is 0.383 e. The third-order valence-electron chi connectivity index (χ3n) is 4.02. The Kier molecular flexibility index (Phi) is 2.73. The van der Waals surface area contributed by atoms with Crippen LogP contribution in [0.1, 0.15) is 15.9 Å². The molecule has 3 heterocycles. The van der Waals surface area contributed by atoms with E-state index >= 15 is 0 Å². The van der Waals surface area contributed by atoms with E-state index in [4.69, 9.17) is 11.5 Å². The molecule has 7 nitrogen and oxygen atoms in total. The van der Waals surface area contributed by atoms with Crippen LogP contribution in [0.15, 0.2) is 50.8 Å². The Hall–Kier alpha value is -2.87. The van der Waals surface area contributed by atoms with Crippen molar-refractivity contribution in [2.24, 2.45) is 31.9 Å². The number of nitrogens with two attached hydrogens (primary N) is 2. The minimum atomic E-state index is -1.58. The van der Waals surface area contributed by atoms with Crippen molar-refractivity contribution in [3.63, 3.8) is 0 Å². The molecule has 4 rings (SSSR count). The molecular formula is C15H12N6OS. The normalized spacial score (nSPS) is 18.0. The van der Waals surface area contributed by atoms with Gasteiger partial charge in [-0.25, -0.2) is 0 Å². The lowest BCUT2D eigenvalue weighted by molar-refractivity contribution is 0.0958. The number of rotatable bonds is 1. The fourth-order valence-electron chi connectivity index (χ4n) is 2.77. The molecular weight excluding hydrogens is 312 g/mol. The van der Waals surface area contributed by atoms with Crippen molar-refractivity contribution in [2.45, 2.75) is 12.5 Å². The predicted octanol–water partition coefficient (Wildman–Crippen LogP) is 2.39. The van der Waals surface area contributed by atoms with Crippen LogP contribution in [0.5, 0.6) is 0 Å². The van der Waals surface area contributed by atoms with Crippen LogP contribution in [0.3, 0.4) is 0 Å². The van der Waals surface area contributed by atoms with Crippen LogP contribution in [0, 0.1) is 6.92 Å². The number of azo groups is 1. The summed E-state index contributed by atoms with van der Waals surface area (Å²) in [4.78, 5) is 14.0. The second kappa shape index (κ2) is 4.56. The van der Waals surface area contributed by atoms with Gasteiger partial charge in [0.25, 0.3) is 5.54 Å². The Bertz CT molecular complexity index is 907. The molecule has 0 saturated heterocycles. The molecule has 0 radical (unpaired) electrons. The fraction of sp³-hybridized carbons (Fsp3) is 0.133. The van der Waals surface area contributed by atoms with Gasteiger partial charge in [-0.2, -0.15) is 5.11 Å². The lowest BCUT2D eigenvalue weighted by Gasteiger charge is -2.24. The standard InChI is InChI=1S/C15H12N6OS/c1-7-9-11(22)15(13(16)19-20-14(15)17)21-18-12(9)23-10(7)8-5-3-2-4-6-8/h2-6H,1H3,(H2,16,19)(H2,17,20). The van der Waals surface area contributed by atoms with Crippen LogP contribution in [-0.2, 0) is 0 Å². The molecule has 0 fully saturated rings. The monoisotopic (exact) mass is 324 g/mol. The first-order valence-electron chi connectivity index (χ1n) is 6.89. The number of hydrogen-bond acceptors (Lipinski definition) is 8. The predicted molar refractivity (Wildman–Crippen MR) is 89.3 cm³/mol. The van der Waals surface area contributed by atoms with Gasteiger partial charge in [0.1, 0.15) is 5.00 Å². The number of benzene rings is 1. The molecule has 0 bridgehead atoms. The minimum Gasteiger partial charge on any atom is -0.383 e. The van der Waals surface area contributed by atoms with E-state index in [1.807, 2.05) is 37.3 Å². The quantitative estimate of drug-likeness (QED) is 0.838. The number of fused-ring (bicyclic) bond motifs is 1. The van der Waals surface area contributed by atoms with Crippen LogP contribution in [0.4, 0.5) is 5.00 Å². The molecule has 0 atom stereocenters. The summed E-state index contributed by atoms with van der Waals surface area (Å²) in [5.41, 5.74) is 12.4. The van der Waals surface area contributed by atoms with Crippen molar-refractivity contribution in [3.05, 3.63) is 41.5 Å². The second-order valence-electron chi connectivity index (χ2n) is 5.31. The molecule has 8 heteroatoms. The van der Waals surface area contributed by atoms with Gasteiger partial charge in [-0.3, -0.25) is 4.79 Å². The maximum absolute atomic E-state index is 13.1. The van der Waals surface area contributed by atoms with Crippen LogP contribution in [0.2, 0.25) is 0 Å². The lowest BCUT2D eigenvalue weighted by Crippen LogP contribution is -2.56. The minimum absolute atomic E-state index is 0.0405. The molecule has 0 aliphatic carbocycles. The van der Waals surface area contributed by atoms with Gasteiger partial charge in [0, 0.05) is 4.88 Å². The Balaban J connectivity index is 1.91. The van der Waals surface area contributed by atoms with Crippen molar-refractivity contribution in [1.29, 1.82) is 0 Å². The van der Waals surface area contributed by atoms with Crippen molar-refractivity contribution in [3.8, 4) is 10.4 Å². The van der Waals surface area contributed by atoms with Crippen LogP contribution in [-0.4, -0.2) is 23.0 Å². The molecule has 2 aliphatic heterocycles. The summed E-state index contributed by atoms with van der Waals surface area (Å²) in [6.45, 7) is 1.89. The molecule has 4 N–H and O–H groups in total. The fourth-order valence-corrected chi connectivity index (χ4v) is 3.90. The van der Waals surface area contributed by atoms with E-state index in [-0.39, 0.29) is 17.5 Å². The van der Waals surface area contributed by atoms with Crippen LogP contribution >= 0.6 is 11.3 Å². The van der Waals surface area contributed by atoms with E-state index in [0.29, 0.717) is 10.6 Å². The third kappa shape index (κ3) is 1.66. The highest BCUT2D eigenvalue weighted by Gasteiger charge is 2.54. The van der Waals surface area contributed by atoms with Gasteiger partial charge in [-0.05, 0) is 18.1 Å². The molecule has 1 aromatic carbocycles. The zero-order chi connectivity index (χ0) is 16.2. The van der Waals surface area contributed by atoms with E-state index in [1.165, 1.54) is 11.3 Å². The maximum Gasteiger partial charge on any atom is 0.261 e. The summed E-state index contributed by atoms with van der Waals surface area (Å²) in [6.07, 6.45) is 0. The Labute approximate surface area is 135 Å². The van der Waals surface area contributed by atoms with Crippen LogP contribution in [0.25, 0.3) is 10.4 Å². The molecule has 0 saturated carbocycles. The summed E-state index contributed by atoms with van der Waals surface area (Å²) < 4.78 is 0. The summed E-state index contributed by atoms with van der Waals surface area (Å²) in [6, 6.07) is 9.82. The van der Waals surface area contributed by atoms with E-state index < -0.39 is 5.54 Å². The van der Waals surface area contributed by atoms with Gasteiger partial charge in [-0.15, -0.1) is 26.7 Å². The van der Waals surface area contributed by atoms with E-state index in [2.05, 4.69) is 20.4 Å². The van der Waals surface area contributed by atoms with E-state index in [1.54, 1.807) is 0 Å². The third-order valence-corrected chi connectivity index (χ3v) is 5.24. The molecule has 2 aromatic rings. The molecule has 1 aromatic heterocycles. The highest BCUT2D eigenvalue weighted by Crippen LogP contribution is 2.46. The van der Waals surface area contributed by atoms with Crippen molar-refractivity contribution in [1.82, 2.24) is 0 Å². The van der Waals surface area contributed by atoms with Gasteiger partial charge < -0.3 is 11.5 Å². The Morgan fingerprint density at radius 2 is 1.74 bits per heavy atom. The van der Waals surface area contributed by atoms with E-state index in [9.17, 15) is 4.79 Å². The van der Waals surface area contributed by atoms with Gasteiger partial charge >= 0.3 is 0 Å². The topological polar surface area (TPSA) is 119 Å². The average molecular weight is 324 g/mol. The van der Waals surface area contributed by atoms with Gasteiger partial charge in [0.2, 0.25) is 5.78 Å². The first kappa shape index (κ1) is 13.8. The molecule has 23 heavy (non-hydrogen) atoms. The van der Waals surface area contributed by atoms with Crippen molar-refractivity contribution in [2.75, 3.05) is 0 Å². The van der Waals surface area contributed by atoms with Crippen LogP contribution < -0.4 is 11.5 Å². The number of Topliss-reactive ketones (excluding diaryl/α,β-unsaturated/α-hetero) is 1. The molecule has 114 valence electrons. The SMILES string of the molecule is Cc1c(-c2ccccc2)sc2c1C(=O)C1(N=N2)C(N)=NN=C1N. The summed E-state index contributed by atoms with van der Waals surface area (Å²) in [5, 5.41) is 16.2. The first-order chi connectivity index (χ1) is 11.1. The van der Waals surface area contributed by atoms with Gasteiger partial charge in [-0.1, -0.05) is 30.3 Å². The summed E-state index contributed by atoms with van der Waals surface area (Å²) >= 11 is 1.42. The number of nitrogens with zero attached hydrogens (tertiary/aromatic N) is 4. The number of hydrogen-bond donors (Lipinski definition) is 2. The van der Waals surface area contributed by atoms with Crippen molar-refractivity contribution < 1.29 is 4.79 Å². The number of amidine groups is 2. The molecule has 0 amide bonds. The Morgan fingerprint density at radius 3 is 2.39 bits per heavy atom. The average Bonchev–Trinajstić information content (AvgIpc) is 3.04. The number of ketones is 1. The lowest BCUT2D eigenvalue weighted by atomic mass is 9.86.